The van der Waals surface area contributed by atoms with E-state index in [0.717, 1.165) is 12.8 Å². The molecule has 7 heteroatoms. The van der Waals surface area contributed by atoms with Gasteiger partial charge < -0.3 is 10.6 Å². The summed E-state index contributed by atoms with van der Waals surface area (Å²) in [6, 6.07) is 0.313. The first-order valence-electron chi connectivity index (χ1n) is 6.81. The molecule has 19 heavy (non-hydrogen) atoms. The first kappa shape index (κ1) is 14.4. The van der Waals surface area contributed by atoms with Gasteiger partial charge in [0.05, 0.1) is 12.6 Å². The largest absolute Gasteiger partial charge is 0.401 e. The lowest BCUT2D eigenvalue weighted by atomic mass is 10.3. The maximum absolute atomic E-state index is 12.3. The first-order chi connectivity index (χ1) is 8.94. The van der Waals surface area contributed by atoms with E-state index in [0.29, 0.717) is 38.2 Å². The van der Waals surface area contributed by atoms with E-state index in [1.54, 1.807) is 0 Å². The van der Waals surface area contributed by atoms with Gasteiger partial charge in [0.2, 0.25) is 0 Å². The Kier molecular flexibility index (Phi) is 4.54. The van der Waals surface area contributed by atoms with E-state index < -0.39 is 12.7 Å². The Morgan fingerprint density at radius 1 is 1.11 bits per heavy atom. The van der Waals surface area contributed by atoms with Crippen molar-refractivity contribution in [2.24, 2.45) is 10.7 Å². The Bertz CT molecular complexity index is 315. The van der Waals surface area contributed by atoms with E-state index in [-0.39, 0.29) is 0 Å². The van der Waals surface area contributed by atoms with Crippen LogP contribution in [0.3, 0.4) is 0 Å². The van der Waals surface area contributed by atoms with E-state index in [4.69, 9.17) is 5.73 Å². The zero-order valence-corrected chi connectivity index (χ0v) is 11.0. The van der Waals surface area contributed by atoms with Crippen LogP contribution in [0.4, 0.5) is 13.2 Å². The van der Waals surface area contributed by atoms with Gasteiger partial charge in [-0.25, -0.2) is 4.99 Å². The number of hydrogen-bond acceptors (Lipinski definition) is 2. The lowest BCUT2D eigenvalue weighted by molar-refractivity contribution is -0.148. The minimum atomic E-state index is -4.12. The highest BCUT2D eigenvalue weighted by atomic mass is 19.4. The lowest BCUT2D eigenvalue weighted by Gasteiger charge is -2.35. The summed E-state index contributed by atoms with van der Waals surface area (Å²) >= 11 is 0. The molecule has 2 rings (SSSR count). The third-order valence-corrected chi connectivity index (χ3v) is 3.74. The average molecular weight is 278 g/mol. The molecule has 2 N–H and O–H groups in total. The van der Waals surface area contributed by atoms with Crippen LogP contribution in [0.5, 0.6) is 0 Å². The molecule has 0 unspecified atom stereocenters. The molecule has 0 aromatic carbocycles. The lowest BCUT2D eigenvalue weighted by Crippen LogP contribution is -2.53. The molecule has 0 aromatic rings. The third kappa shape index (κ3) is 4.56. The summed E-state index contributed by atoms with van der Waals surface area (Å²) in [6.07, 6.45) is 0.427. The number of nitrogens with two attached hydrogens (primary N) is 1. The number of hydrogen-bond donors (Lipinski definition) is 1. The number of rotatable bonds is 2. The highest BCUT2D eigenvalue weighted by molar-refractivity contribution is 5.78. The van der Waals surface area contributed by atoms with Crippen LogP contribution >= 0.6 is 0 Å². The Morgan fingerprint density at radius 3 is 2.21 bits per heavy atom. The second kappa shape index (κ2) is 5.98. The fraction of sp³-hybridized carbons (Fsp3) is 0.917. The van der Waals surface area contributed by atoms with Gasteiger partial charge in [0.1, 0.15) is 0 Å². The Hall–Kier alpha value is -0.980. The predicted octanol–water partition coefficient (Wildman–Crippen LogP) is 1.42. The summed E-state index contributed by atoms with van der Waals surface area (Å²) in [6.45, 7) is 0.998. The molecule has 0 spiro atoms. The summed E-state index contributed by atoms with van der Waals surface area (Å²) in [5, 5.41) is 0. The van der Waals surface area contributed by atoms with Gasteiger partial charge in [-0.05, 0) is 12.8 Å². The van der Waals surface area contributed by atoms with Crippen molar-refractivity contribution in [3.05, 3.63) is 0 Å². The molecular formula is C12H21F3N4. The maximum Gasteiger partial charge on any atom is 0.401 e. The van der Waals surface area contributed by atoms with E-state index in [1.165, 1.54) is 17.7 Å². The van der Waals surface area contributed by atoms with Crippen molar-refractivity contribution in [3.63, 3.8) is 0 Å². The van der Waals surface area contributed by atoms with E-state index in [1.807, 2.05) is 4.90 Å². The second-order valence-electron chi connectivity index (χ2n) is 5.30. The fourth-order valence-corrected chi connectivity index (χ4v) is 2.69. The van der Waals surface area contributed by atoms with Crippen molar-refractivity contribution >= 4 is 5.96 Å². The number of halogens is 3. The fourth-order valence-electron chi connectivity index (χ4n) is 2.69. The van der Waals surface area contributed by atoms with Crippen molar-refractivity contribution in [2.75, 3.05) is 32.7 Å². The van der Waals surface area contributed by atoms with Crippen molar-refractivity contribution in [3.8, 4) is 0 Å². The quantitative estimate of drug-likeness (QED) is 0.614. The van der Waals surface area contributed by atoms with E-state index >= 15 is 0 Å². The average Bonchev–Trinajstić information content (AvgIpc) is 2.80. The van der Waals surface area contributed by atoms with Gasteiger partial charge in [0, 0.05) is 26.2 Å². The number of aliphatic imine (C=N–C) groups is 1. The number of guanidine groups is 1. The normalized spacial score (nSPS) is 24.2. The van der Waals surface area contributed by atoms with Crippen molar-refractivity contribution < 1.29 is 13.2 Å². The summed E-state index contributed by atoms with van der Waals surface area (Å²) < 4.78 is 36.8. The zero-order valence-electron chi connectivity index (χ0n) is 11.0. The molecule has 0 amide bonds. The van der Waals surface area contributed by atoms with Gasteiger partial charge in [-0.2, -0.15) is 13.2 Å². The van der Waals surface area contributed by atoms with Crippen LogP contribution in [0, 0.1) is 0 Å². The summed E-state index contributed by atoms with van der Waals surface area (Å²) in [5.41, 5.74) is 5.94. The third-order valence-electron chi connectivity index (χ3n) is 3.74. The van der Waals surface area contributed by atoms with Crippen LogP contribution in [-0.4, -0.2) is 60.7 Å². The number of piperazine rings is 1. The minimum absolute atomic E-state index is 0.313. The van der Waals surface area contributed by atoms with Gasteiger partial charge in [-0.1, -0.05) is 12.8 Å². The molecule has 2 aliphatic rings. The maximum atomic E-state index is 12.3. The Labute approximate surface area is 111 Å². The van der Waals surface area contributed by atoms with Gasteiger partial charge >= 0.3 is 6.18 Å². The molecule has 4 nitrogen and oxygen atoms in total. The molecular weight excluding hydrogens is 257 g/mol. The van der Waals surface area contributed by atoms with Crippen LogP contribution in [-0.2, 0) is 0 Å². The van der Waals surface area contributed by atoms with E-state index in [9.17, 15) is 13.2 Å². The molecule has 0 bridgehead atoms. The molecule has 0 atom stereocenters. The molecule has 1 aliphatic carbocycles. The van der Waals surface area contributed by atoms with E-state index in [2.05, 4.69) is 4.99 Å². The SMILES string of the molecule is NC(=NC1CCCC1)N1CCN(CC(F)(F)F)CC1. The highest BCUT2D eigenvalue weighted by Gasteiger charge is 2.32. The van der Waals surface area contributed by atoms with Gasteiger partial charge in [-0.3, -0.25) is 4.90 Å². The molecule has 1 aliphatic heterocycles. The zero-order chi connectivity index (χ0) is 13.9. The second-order valence-corrected chi connectivity index (χ2v) is 5.30. The van der Waals surface area contributed by atoms with Gasteiger partial charge in [0.25, 0.3) is 0 Å². The predicted molar refractivity (Wildman–Crippen MR) is 67.9 cm³/mol. The Morgan fingerprint density at radius 2 is 1.68 bits per heavy atom. The minimum Gasteiger partial charge on any atom is -0.370 e. The van der Waals surface area contributed by atoms with Crippen LogP contribution in [0.25, 0.3) is 0 Å². The molecule has 2 fully saturated rings. The first-order valence-corrected chi connectivity index (χ1v) is 6.81. The van der Waals surface area contributed by atoms with Crippen LogP contribution in [0.1, 0.15) is 25.7 Å². The van der Waals surface area contributed by atoms with Crippen molar-refractivity contribution in [1.29, 1.82) is 0 Å². The van der Waals surface area contributed by atoms with Gasteiger partial charge in [-0.15, -0.1) is 0 Å². The topological polar surface area (TPSA) is 44.9 Å². The molecule has 0 aromatic heterocycles. The molecule has 1 saturated heterocycles. The van der Waals surface area contributed by atoms with Crippen LogP contribution in [0.15, 0.2) is 4.99 Å². The highest BCUT2D eigenvalue weighted by Crippen LogP contribution is 2.21. The van der Waals surface area contributed by atoms with Crippen LogP contribution < -0.4 is 5.73 Å². The standard InChI is InChI=1S/C12H21F3N4/c13-12(14,15)9-18-5-7-19(8-6-18)11(16)17-10-3-1-2-4-10/h10H,1-9H2,(H2,16,17). The Balaban J connectivity index is 1.79. The van der Waals surface area contributed by atoms with Crippen molar-refractivity contribution in [1.82, 2.24) is 9.80 Å². The smallest absolute Gasteiger partial charge is 0.370 e. The molecule has 1 heterocycles. The van der Waals surface area contributed by atoms with Gasteiger partial charge in [0.15, 0.2) is 5.96 Å². The monoisotopic (exact) mass is 278 g/mol. The van der Waals surface area contributed by atoms with Crippen LogP contribution in [0.2, 0.25) is 0 Å². The summed E-state index contributed by atoms with van der Waals surface area (Å²) in [7, 11) is 0. The summed E-state index contributed by atoms with van der Waals surface area (Å²) in [4.78, 5) is 7.79. The molecule has 110 valence electrons. The number of nitrogens with zero attached hydrogens (tertiary/aromatic N) is 3. The summed E-state index contributed by atoms with van der Waals surface area (Å²) in [5.74, 6) is 0.499. The molecule has 0 radical (unpaired) electrons. The van der Waals surface area contributed by atoms with Crippen molar-refractivity contribution in [2.45, 2.75) is 37.9 Å². The molecule has 1 saturated carbocycles. The number of alkyl halides is 3.